The van der Waals surface area contributed by atoms with Crippen molar-refractivity contribution in [2.24, 2.45) is 0 Å². The molecular formula is C17H21ClN4O3. The third kappa shape index (κ3) is 3.71. The molecule has 1 fully saturated rings. The number of halogens is 1. The van der Waals surface area contributed by atoms with Crippen molar-refractivity contribution in [1.82, 2.24) is 19.6 Å². The van der Waals surface area contributed by atoms with E-state index in [0.717, 1.165) is 0 Å². The van der Waals surface area contributed by atoms with Crippen molar-refractivity contribution in [3.8, 4) is 0 Å². The van der Waals surface area contributed by atoms with Crippen LogP contribution in [0.25, 0.3) is 5.65 Å². The summed E-state index contributed by atoms with van der Waals surface area (Å²) in [5, 5.41) is 3.59. The first-order chi connectivity index (χ1) is 12.0. The molecule has 0 radical (unpaired) electrons. The second-order valence-electron chi connectivity index (χ2n) is 6.06. The van der Waals surface area contributed by atoms with Gasteiger partial charge in [0.15, 0.2) is 0 Å². The molecule has 0 bridgehead atoms. The summed E-state index contributed by atoms with van der Waals surface area (Å²) in [4.78, 5) is 30.5. The smallest absolute Gasteiger partial charge is 0.409 e. The van der Waals surface area contributed by atoms with E-state index in [4.69, 9.17) is 16.3 Å². The summed E-state index contributed by atoms with van der Waals surface area (Å²) in [6.07, 6.45) is 2.79. The van der Waals surface area contributed by atoms with Crippen LogP contribution in [0.3, 0.4) is 0 Å². The molecule has 1 aliphatic rings. The zero-order chi connectivity index (χ0) is 18.0. The van der Waals surface area contributed by atoms with Crippen LogP contribution in [-0.2, 0) is 4.74 Å². The van der Waals surface area contributed by atoms with Crippen molar-refractivity contribution in [1.29, 1.82) is 0 Å². The van der Waals surface area contributed by atoms with Crippen LogP contribution < -0.4 is 5.32 Å². The maximum Gasteiger partial charge on any atom is 0.409 e. The molecule has 1 aliphatic heterocycles. The Morgan fingerprint density at radius 2 is 2.08 bits per heavy atom. The van der Waals surface area contributed by atoms with Gasteiger partial charge < -0.3 is 15.0 Å². The van der Waals surface area contributed by atoms with Gasteiger partial charge in [-0.25, -0.2) is 9.78 Å². The van der Waals surface area contributed by atoms with Crippen molar-refractivity contribution in [3.05, 3.63) is 34.7 Å². The molecular weight excluding hydrogens is 344 g/mol. The SMILES string of the molecule is CCOC(=O)N1CCC(NC(=O)c2c(C)nc3ccc(Cl)cn23)CC1. The third-order valence-electron chi connectivity index (χ3n) is 4.33. The molecule has 0 saturated carbocycles. The number of rotatable bonds is 3. The fourth-order valence-electron chi connectivity index (χ4n) is 3.08. The van der Waals surface area contributed by atoms with E-state index in [9.17, 15) is 9.59 Å². The first kappa shape index (κ1) is 17.5. The summed E-state index contributed by atoms with van der Waals surface area (Å²) in [5.74, 6) is -0.179. The van der Waals surface area contributed by atoms with Crippen molar-refractivity contribution in [3.63, 3.8) is 0 Å². The largest absolute Gasteiger partial charge is 0.450 e. The number of aromatic nitrogens is 2. The Balaban J connectivity index is 1.67. The van der Waals surface area contributed by atoms with E-state index in [0.29, 0.717) is 54.6 Å². The summed E-state index contributed by atoms with van der Waals surface area (Å²) in [6, 6.07) is 3.54. The minimum absolute atomic E-state index is 0.0160. The predicted octanol–water partition coefficient (Wildman–Crippen LogP) is 2.65. The monoisotopic (exact) mass is 364 g/mol. The number of ether oxygens (including phenoxy) is 1. The number of aryl methyl sites for hydroxylation is 1. The van der Waals surface area contributed by atoms with Gasteiger partial charge in [0, 0.05) is 25.3 Å². The number of carbonyl (C=O) groups is 2. The highest BCUT2D eigenvalue weighted by molar-refractivity contribution is 6.30. The Labute approximate surface area is 150 Å². The van der Waals surface area contributed by atoms with E-state index < -0.39 is 0 Å². The zero-order valence-electron chi connectivity index (χ0n) is 14.3. The normalized spacial score (nSPS) is 15.4. The number of nitrogens with one attached hydrogen (secondary N) is 1. The van der Waals surface area contributed by atoms with Gasteiger partial charge in [0.25, 0.3) is 5.91 Å². The van der Waals surface area contributed by atoms with Gasteiger partial charge >= 0.3 is 6.09 Å². The fraction of sp³-hybridized carbons (Fsp3) is 0.471. The van der Waals surface area contributed by atoms with Gasteiger partial charge in [0.1, 0.15) is 11.3 Å². The summed E-state index contributed by atoms with van der Waals surface area (Å²) in [6.45, 7) is 5.10. The predicted molar refractivity (Wildman–Crippen MR) is 94.0 cm³/mol. The van der Waals surface area contributed by atoms with Gasteiger partial charge in [-0.3, -0.25) is 9.20 Å². The Morgan fingerprint density at radius 1 is 1.36 bits per heavy atom. The lowest BCUT2D eigenvalue weighted by Crippen LogP contribution is -2.47. The van der Waals surface area contributed by atoms with Crippen molar-refractivity contribution in [2.75, 3.05) is 19.7 Å². The molecule has 3 rings (SSSR count). The van der Waals surface area contributed by atoms with Crippen molar-refractivity contribution in [2.45, 2.75) is 32.7 Å². The van der Waals surface area contributed by atoms with E-state index >= 15 is 0 Å². The molecule has 0 aliphatic carbocycles. The molecule has 3 heterocycles. The molecule has 134 valence electrons. The minimum Gasteiger partial charge on any atom is -0.450 e. The van der Waals surface area contributed by atoms with Crippen LogP contribution in [0.1, 0.15) is 35.9 Å². The number of hydrogen-bond donors (Lipinski definition) is 1. The third-order valence-corrected chi connectivity index (χ3v) is 4.55. The van der Waals surface area contributed by atoms with E-state index in [1.54, 1.807) is 41.5 Å². The second kappa shape index (κ2) is 7.31. The minimum atomic E-state index is -0.292. The fourth-order valence-corrected chi connectivity index (χ4v) is 3.25. The summed E-state index contributed by atoms with van der Waals surface area (Å²) in [5.41, 5.74) is 1.83. The maximum atomic E-state index is 12.7. The number of piperidine rings is 1. The zero-order valence-corrected chi connectivity index (χ0v) is 15.0. The van der Waals surface area contributed by atoms with Crippen LogP contribution in [0.15, 0.2) is 18.3 Å². The van der Waals surface area contributed by atoms with Crippen LogP contribution in [0, 0.1) is 6.92 Å². The highest BCUT2D eigenvalue weighted by Gasteiger charge is 2.26. The number of carbonyl (C=O) groups excluding carboxylic acids is 2. The number of amides is 2. The van der Waals surface area contributed by atoms with Gasteiger partial charge in [0.2, 0.25) is 0 Å². The lowest BCUT2D eigenvalue weighted by Gasteiger charge is -2.31. The van der Waals surface area contributed by atoms with Crippen molar-refractivity contribution < 1.29 is 14.3 Å². The topological polar surface area (TPSA) is 75.9 Å². The lowest BCUT2D eigenvalue weighted by molar-refractivity contribution is 0.0855. The molecule has 2 aromatic rings. The molecule has 0 atom stereocenters. The number of pyridine rings is 1. The number of nitrogens with zero attached hydrogens (tertiary/aromatic N) is 3. The molecule has 1 N–H and O–H groups in total. The van der Waals surface area contributed by atoms with Gasteiger partial charge in [-0.15, -0.1) is 0 Å². The first-order valence-electron chi connectivity index (χ1n) is 8.36. The Kier molecular flexibility index (Phi) is 5.13. The summed E-state index contributed by atoms with van der Waals surface area (Å²) >= 11 is 6.04. The maximum absolute atomic E-state index is 12.7. The molecule has 25 heavy (non-hydrogen) atoms. The van der Waals surface area contributed by atoms with E-state index in [2.05, 4.69) is 10.3 Å². The number of likely N-dealkylation sites (tertiary alicyclic amines) is 1. The average Bonchev–Trinajstić information content (AvgIpc) is 2.90. The average molecular weight is 365 g/mol. The Hall–Kier alpha value is -2.28. The van der Waals surface area contributed by atoms with E-state index in [-0.39, 0.29) is 18.0 Å². The van der Waals surface area contributed by atoms with Crippen LogP contribution in [0.2, 0.25) is 5.02 Å². The Bertz CT molecular complexity index is 797. The lowest BCUT2D eigenvalue weighted by atomic mass is 10.1. The van der Waals surface area contributed by atoms with Crippen LogP contribution in [0.4, 0.5) is 4.79 Å². The Morgan fingerprint density at radius 3 is 2.76 bits per heavy atom. The quantitative estimate of drug-likeness (QED) is 0.908. The molecule has 1 saturated heterocycles. The molecule has 0 spiro atoms. The molecule has 7 nitrogen and oxygen atoms in total. The number of hydrogen-bond acceptors (Lipinski definition) is 4. The van der Waals surface area contributed by atoms with Crippen molar-refractivity contribution >= 4 is 29.2 Å². The standard InChI is InChI=1S/C17H21ClN4O3/c1-3-25-17(24)21-8-6-13(7-9-21)20-16(23)15-11(2)19-14-5-4-12(18)10-22(14)15/h4-5,10,13H,3,6-9H2,1-2H3,(H,20,23). The van der Waals surface area contributed by atoms with Gasteiger partial charge in [-0.2, -0.15) is 0 Å². The first-order valence-corrected chi connectivity index (χ1v) is 8.74. The van der Waals surface area contributed by atoms with Gasteiger partial charge in [0.05, 0.1) is 17.3 Å². The second-order valence-corrected chi connectivity index (χ2v) is 6.49. The summed E-state index contributed by atoms with van der Waals surface area (Å²) < 4.78 is 6.72. The van der Waals surface area contributed by atoms with Gasteiger partial charge in [-0.05, 0) is 38.8 Å². The highest BCUT2D eigenvalue weighted by Crippen LogP contribution is 2.18. The van der Waals surface area contributed by atoms with E-state index in [1.165, 1.54) is 0 Å². The molecule has 2 amide bonds. The summed E-state index contributed by atoms with van der Waals surface area (Å²) in [7, 11) is 0. The molecule has 0 aromatic carbocycles. The molecule has 2 aromatic heterocycles. The van der Waals surface area contributed by atoms with Gasteiger partial charge in [-0.1, -0.05) is 11.6 Å². The highest BCUT2D eigenvalue weighted by atomic mass is 35.5. The number of imidazole rings is 1. The molecule has 8 heteroatoms. The van der Waals surface area contributed by atoms with Crippen LogP contribution in [-0.4, -0.2) is 52.0 Å². The van der Waals surface area contributed by atoms with Crippen LogP contribution >= 0.6 is 11.6 Å². The molecule has 0 unspecified atom stereocenters. The van der Waals surface area contributed by atoms with Crippen LogP contribution in [0.5, 0.6) is 0 Å². The number of fused-ring (bicyclic) bond motifs is 1. The van der Waals surface area contributed by atoms with E-state index in [1.807, 2.05) is 0 Å².